The van der Waals surface area contributed by atoms with Crippen molar-refractivity contribution in [3.63, 3.8) is 0 Å². The fraction of sp³-hybridized carbons (Fsp3) is 0.100. The van der Waals surface area contributed by atoms with Gasteiger partial charge in [0.05, 0.1) is 11.8 Å². The maximum Gasteiger partial charge on any atom is 0.196 e. The van der Waals surface area contributed by atoms with Crippen LogP contribution in [0.5, 0.6) is 0 Å². The Kier molecular flexibility index (Phi) is 4.58. The molecule has 130 valence electrons. The molecule has 0 saturated carbocycles. The summed E-state index contributed by atoms with van der Waals surface area (Å²) in [7, 11) is 0. The van der Waals surface area contributed by atoms with Crippen molar-refractivity contribution in [2.24, 2.45) is 0 Å². The van der Waals surface area contributed by atoms with Crippen molar-refractivity contribution in [1.82, 2.24) is 14.8 Å². The van der Waals surface area contributed by atoms with Gasteiger partial charge in [-0.2, -0.15) is 0 Å². The van der Waals surface area contributed by atoms with Crippen LogP contribution in [-0.4, -0.2) is 14.8 Å². The summed E-state index contributed by atoms with van der Waals surface area (Å²) >= 11 is 1.52. The lowest BCUT2D eigenvalue weighted by molar-refractivity contribution is 0.535. The lowest BCUT2D eigenvalue weighted by Crippen LogP contribution is -1.99. The first-order valence-electron chi connectivity index (χ1n) is 8.15. The van der Waals surface area contributed by atoms with E-state index in [0.29, 0.717) is 5.75 Å². The minimum Gasteiger partial charge on any atom is -0.469 e. The molecule has 4 rings (SSSR count). The van der Waals surface area contributed by atoms with Crippen LogP contribution >= 0.6 is 11.8 Å². The molecule has 2 aromatic carbocycles. The van der Waals surface area contributed by atoms with Crippen LogP contribution in [0.15, 0.2) is 76.5 Å². The highest BCUT2D eigenvalue weighted by molar-refractivity contribution is 7.98. The average molecular weight is 365 g/mol. The van der Waals surface area contributed by atoms with E-state index in [4.69, 9.17) is 4.42 Å². The summed E-state index contributed by atoms with van der Waals surface area (Å²) in [5, 5.41) is 9.50. The molecule has 6 heteroatoms. The van der Waals surface area contributed by atoms with Crippen molar-refractivity contribution >= 4 is 11.8 Å². The highest BCUT2D eigenvalue weighted by Crippen LogP contribution is 2.31. The Balaban J connectivity index is 1.73. The van der Waals surface area contributed by atoms with Crippen molar-refractivity contribution in [1.29, 1.82) is 0 Å². The molecule has 0 radical (unpaired) electrons. The van der Waals surface area contributed by atoms with Crippen molar-refractivity contribution in [2.75, 3.05) is 0 Å². The van der Waals surface area contributed by atoms with Gasteiger partial charge in [-0.3, -0.25) is 4.57 Å². The van der Waals surface area contributed by atoms with Gasteiger partial charge >= 0.3 is 0 Å². The van der Waals surface area contributed by atoms with Crippen LogP contribution in [0.3, 0.4) is 0 Å². The standard InChI is InChI=1S/C20H16FN3OS/c1-14-18(10-11-25-14)19-22-23-20(24(19)17-8-3-2-4-9-17)26-13-15-6-5-7-16(21)12-15/h2-12H,13H2,1H3. The number of furan rings is 1. The predicted molar refractivity (Wildman–Crippen MR) is 99.8 cm³/mol. The number of nitrogens with zero attached hydrogens (tertiary/aromatic N) is 3. The number of hydrogen-bond donors (Lipinski definition) is 0. The number of aromatic nitrogens is 3. The first-order chi connectivity index (χ1) is 12.7. The number of aryl methyl sites for hydroxylation is 1. The maximum absolute atomic E-state index is 13.4. The summed E-state index contributed by atoms with van der Waals surface area (Å²) in [5.41, 5.74) is 2.77. The van der Waals surface area contributed by atoms with Gasteiger partial charge in [0.2, 0.25) is 0 Å². The second-order valence-corrected chi connectivity index (χ2v) is 6.73. The van der Waals surface area contributed by atoms with Gasteiger partial charge < -0.3 is 4.42 Å². The van der Waals surface area contributed by atoms with Crippen LogP contribution in [0.4, 0.5) is 4.39 Å². The summed E-state index contributed by atoms with van der Waals surface area (Å²) in [6.45, 7) is 1.90. The molecule has 2 aromatic heterocycles. The van der Waals surface area contributed by atoms with Crippen LogP contribution in [0.2, 0.25) is 0 Å². The van der Waals surface area contributed by atoms with Crippen molar-refractivity contribution in [3.8, 4) is 17.1 Å². The minimum absolute atomic E-state index is 0.234. The molecule has 0 amide bonds. The monoisotopic (exact) mass is 365 g/mol. The van der Waals surface area contributed by atoms with Crippen LogP contribution in [-0.2, 0) is 5.75 Å². The summed E-state index contributed by atoms with van der Waals surface area (Å²) in [5.74, 6) is 1.88. The van der Waals surface area contributed by atoms with Gasteiger partial charge in [-0.1, -0.05) is 42.1 Å². The molecular formula is C20H16FN3OS. The molecule has 0 aliphatic carbocycles. The Labute approximate surface area is 154 Å². The molecular weight excluding hydrogens is 349 g/mol. The van der Waals surface area contributed by atoms with Gasteiger partial charge in [0, 0.05) is 11.4 Å². The number of halogens is 1. The molecule has 0 atom stereocenters. The Morgan fingerprint density at radius 3 is 2.62 bits per heavy atom. The van der Waals surface area contributed by atoms with E-state index in [9.17, 15) is 4.39 Å². The van der Waals surface area contributed by atoms with E-state index in [1.807, 2.05) is 54.0 Å². The van der Waals surface area contributed by atoms with Crippen molar-refractivity contribution in [3.05, 3.63) is 84.1 Å². The molecule has 0 aliphatic heterocycles. The Morgan fingerprint density at radius 1 is 1.04 bits per heavy atom. The second-order valence-electron chi connectivity index (χ2n) is 5.79. The summed E-state index contributed by atoms with van der Waals surface area (Å²) in [6, 6.07) is 18.4. The summed E-state index contributed by atoms with van der Waals surface area (Å²) < 4.78 is 20.9. The van der Waals surface area contributed by atoms with Crippen LogP contribution in [0, 0.1) is 12.7 Å². The first-order valence-corrected chi connectivity index (χ1v) is 9.13. The molecule has 4 aromatic rings. The van der Waals surface area contributed by atoms with Crippen molar-refractivity contribution < 1.29 is 8.81 Å². The molecule has 0 bridgehead atoms. The Morgan fingerprint density at radius 2 is 1.88 bits per heavy atom. The molecule has 0 saturated heterocycles. The van der Waals surface area contributed by atoms with Crippen LogP contribution < -0.4 is 0 Å². The van der Waals surface area contributed by atoms with E-state index in [0.717, 1.165) is 33.6 Å². The fourth-order valence-electron chi connectivity index (χ4n) is 2.74. The third kappa shape index (κ3) is 3.28. The lowest BCUT2D eigenvalue weighted by Gasteiger charge is -2.10. The number of thioether (sulfide) groups is 1. The summed E-state index contributed by atoms with van der Waals surface area (Å²) in [4.78, 5) is 0. The maximum atomic E-state index is 13.4. The largest absolute Gasteiger partial charge is 0.469 e. The van der Waals surface area contributed by atoms with Crippen LogP contribution in [0.25, 0.3) is 17.1 Å². The molecule has 0 N–H and O–H groups in total. The zero-order valence-electron chi connectivity index (χ0n) is 14.1. The SMILES string of the molecule is Cc1occc1-c1nnc(SCc2cccc(F)c2)n1-c1ccccc1. The molecule has 26 heavy (non-hydrogen) atoms. The molecule has 0 spiro atoms. The molecule has 2 heterocycles. The highest BCUT2D eigenvalue weighted by Gasteiger charge is 2.18. The van der Waals surface area contributed by atoms with E-state index in [2.05, 4.69) is 10.2 Å². The molecule has 0 fully saturated rings. The first kappa shape index (κ1) is 16.6. The minimum atomic E-state index is -0.234. The number of rotatable bonds is 5. The number of para-hydroxylation sites is 1. The normalized spacial score (nSPS) is 11.0. The fourth-order valence-corrected chi connectivity index (χ4v) is 3.63. The third-order valence-corrected chi connectivity index (χ3v) is 5.00. The van der Waals surface area contributed by atoms with Gasteiger partial charge in [-0.25, -0.2) is 4.39 Å². The van der Waals surface area contributed by atoms with Gasteiger partial charge in [-0.05, 0) is 42.8 Å². The Bertz CT molecular complexity index is 1030. The van der Waals surface area contributed by atoms with E-state index in [-0.39, 0.29) is 5.82 Å². The van der Waals surface area contributed by atoms with Gasteiger partial charge in [0.25, 0.3) is 0 Å². The van der Waals surface area contributed by atoms with E-state index in [1.165, 1.54) is 23.9 Å². The average Bonchev–Trinajstić information content (AvgIpc) is 3.26. The Hall–Kier alpha value is -2.86. The topological polar surface area (TPSA) is 43.9 Å². The molecule has 0 unspecified atom stereocenters. The predicted octanol–water partition coefficient (Wildman–Crippen LogP) is 5.27. The van der Waals surface area contributed by atoms with Gasteiger partial charge in [-0.15, -0.1) is 10.2 Å². The molecule has 4 nitrogen and oxygen atoms in total. The van der Waals surface area contributed by atoms with E-state index in [1.54, 1.807) is 12.3 Å². The third-order valence-electron chi connectivity index (χ3n) is 4.00. The lowest BCUT2D eigenvalue weighted by atomic mass is 10.2. The molecule has 0 aliphatic rings. The van der Waals surface area contributed by atoms with E-state index < -0.39 is 0 Å². The zero-order chi connectivity index (χ0) is 17.9. The van der Waals surface area contributed by atoms with Crippen LogP contribution in [0.1, 0.15) is 11.3 Å². The van der Waals surface area contributed by atoms with Gasteiger partial charge in [0.1, 0.15) is 11.6 Å². The van der Waals surface area contributed by atoms with E-state index >= 15 is 0 Å². The van der Waals surface area contributed by atoms with Crippen molar-refractivity contribution in [2.45, 2.75) is 17.8 Å². The second kappa shape index (κ2) is 7.17. The number of benzene rings is 2. The van der Waals surface area contributed by atoms with Gasteiger partial charge in [0.15, 0.2) is 11.0 Å². The summed E-state index contributed by atoms with van der Waals surface area (Å²) in [6.07, 6.45) is 1.65. The smallest absolute Gasteiger partial charge is 0.196 e. The highest BCUT2D eigenvalue weighted by atomic mass is 32.2. The number of hydrogen-bond acceptors (Lipinski definition) is 4. The zero-order valence-corrected chi connectivity index (χ0v) is 14.9. The quantitative estimate of drug-likeness (QED) is 0.452.